The number of halogens is 2. The number of aliphatic hydroxyl groups is 1. The molecule has 0 bridgehead atoms. The lowest BCUT2D eigenvalue weighted by Crippen LogP contribution is -2.57. The van der Waals surface area contributed by atoms with Gasteiger partial charge in [0.2, 0.25) is 5.91 Å². The largest absolute Gasteiger partial charge is 0.507 e. The minimum Gasteiger partial charge on any atom is -0.507 e. The highest BCUT2D eigenvalue weighted by atomic mass is 19.1. The van der Waals surface area contributed by atoms with Crippen molar-refractivity contribution in [1.29, 1.82) is 0 Å². The first-order valence-corrected chi connectivity index (χ1v) is 12.1. The van der Waals surface area contributed by atoms with Gasteiger partial charge >= 0.3 is 0 Å². The number of carbonyl (C=O) groups is 2. The number of nitrogens with zero attached hydrogens (tertiary/aromatic N) is 4. The normalized spacial score (nSPS) is 22.7. The summed E-state index contributed by atoms with van der Waals surface area (Å²) >= 11 is 0. The van der Waals surface area contributed by atoms with Crippen molar-refractivity contribution < 1.29 is 33.3 Å². The molecule has 0 unspecified atom stereocenters. The Morgan fingerprint density at radius 1 is 1.24 bits per heavy atom. The van der Waals surface area contributed by atoms with Gasteiger partial charge in [0.15, 0.2) is 11.6 Å². The maximum absolute atomic E-state index is 16.0. The molecule has 2 aromatic rings. The Balaban J connectivity index is 1.70. The summed E-state index contributed by atoms with van der Waals surface area (Å²) in [6.45, 7) is 7.83. The highest BCUT2D eigenvalue weighted by Gasteiger charge is 2.45. The van der Waals surface area contributed by atoms with Crippen molar-refractivity contribution >= 4 is 17.6 Å². The number of amides is 2. The number of aromatic hydroxyl groups is 1. The molecule has 0 aliphatic carbocycles. The molecule has 0 radical (unpaired) electrons. The number of aliphatic hydroxyl groups excluding tert-OH is 1. The lowest BCUT2D eigenvalue weighted by atomic mass is 9.99. The van der Waals surface area contributed by atoms with E-state index in [2.05, 4.69) is 11.6 Å². The Kier molecular flexibility index (Phi) is 6.06. The number of pyridine rings is 1. The standard InChI is InChI=1S/C26H28F2N4O5/c1-4-18(35)30-8-9-31-14(11-30)13-37-23-20(25(31)36)24(32-12-15(33)10-26(32,2)3)29-22(21(23)28)19-16(27)6-5-7-17(19)34/h4-7,14-15,33-34H,1,8-13H2,2-3H3/t14-,15+/m1/s1. The van der Waals surface area contributed by atoms with Gasteiger partial charge in [-0.05, 0) is 38.5 Å². The van der Waals surface area contributed by atoms with Crippen molar-refractivity contribution in [1.82, 2.24) is 14.8 Å². The number of β-amino-alcohol motifs (C(OH)–C–C–N with tert-alkyl or cyclic N) is 1. The second-order valence-corrected chi connectivity index (χ2v) is 10.2. The number of phenols is 1. The molecule has 1 aromatic heterocycles. The highest BCUT2D eigenvalue weighted by molar-refractivity contribution is 6.03. The van der Waals surface area contributed by atoms with E-state index in [0.29, 0.717) is 6.42 Å². The van der Waals surface area contributed by atoms with Gasteiger partial charge < -0.3 is 29.6 Å². The van der Waals surface area contributed by atoms with E-state index in [4.69, 9.17) is 4.74 Å². The molecule has 2 fully saturated rings. The average molecular weight is 515 g/mol. The Labute approximate surface area is 212 Å². The van der Waals surface area contributed by atoms with Crippen LogP contribution in [0.2, 0.25) is 0 Å². The summed E-state index contributed by atoms with van der Waals surface area (Å²) < 4.78 is 36.8. The molecule has 196 valence electrons. The molecule has 11 heteroatoms. The zero-order valence-electron chi connectivity index (χ0n) is 20.6. The number of rotatable bonds is 3. The summed E-state index contributed by atoms with van der Waals surface area (Å²) in [5.41, 5.74) is -1.77. The van der Waals surface area contributed by atoms with Gasteiger partial charge in [-0.15, -0.1) is 0 Å². The summed E-state index contributed by atoms with van der Waals surface area (Å²) in [7, 11) is 0. The highest BCUT2D eigenvalue weighted by Crippen LogP contribution is 2.45. The van der Waals surface area contributed by atoms with E-state index in [1.54, 1.807) is 9.80 Å². The Bertz CT molecular complexity index is 1280. The van der Waals surface area contributed by atoms with Crippen molar-refractivity contribution in [2.75, 3.05) is 37.7 Å². The number of hydrogen-bond acceptors (Lipinski definition) is 7. The molecule has 1 aromatic carbocycles. The molecule has 9 nitrogen and oxygen atoms in total. The zero-order valence-corrected chi connectivity index (χ0v) is 20.6. The molecule has 2 saturated heterocycles. The quantitative estimate of drug-likeness (QED) is 0.606. The number of anilines is 1. The summed E-state index contributed by atoms with van der Waals surface area (Å²) in [6, 6.07) is 3.01. The smallest absolute Gasteiger partial charge is 0.262 e. The second kappa shape index (κ2) is 8.98. The lowest BCUT2D eigenvalue weighted by Gasteiger charge is -2.40. The van der Waals surface area contributed by atoms with E-state index in [-0.39, 0.29) is 50.1 Å². The van der Waals surface area contributed by atoms with Crippen LogP contribution in [0, 0.1) is 11.6 Å². The summed E-state index contributed by atoms with van der Waals surface area (Å²) in [6.07, 6.45) is 0.825. The molecule has 2 atom stereocenters. The summed E-state index contributed by atoms with van der Waals surface area (Å²) in [4.78, 5) is 35.3. The summed E-state index contributed by atoms with van der Waals surface area (Å²) in [5, 5.41) is 20.8. The number of aromatic nitrogens is 1. The Morgan fingerprint density at radius 2 is 2.00 bits per heavy atom. The van der Waals surface area contributed by atoms with Crippen LogP contribution < -0.4 is 9.64 Å². The van der Waals surface area contributed by atoms with E-state index in [1.165, 1.54) is 23.1 Å². The molecule has 3 aliphatic rings. The monoisotopic (exact) mass is 514 g/mol. The maximum atomic E-state index is 16.0. The van der Waals surface area contributed by atoms with Crippen LogP contribution in [0.5, 0.6) is 11.5 Å². The number of piperazine rings is 1. The van der Waals surface area contributed by atoms with Crippen LogP contribution in [-0.2, 0) is 4.79 Å². The predicted octanol–water partition coefficient (Wildman–Crippen LogP) is 2.31. The van der Waals surface area contributed by atoms with Crippen LogP contribution in [0.3, 0.4) is 0 Å². The SMILES string of the molecule is C=CC(=O)N1CCN2C(=O)c3c(N4C[C@@H](O)CC4(C)C)nc(-c4c(O)cccc4F)c(F)c3OC[C@H]2C1. The fourth-order valence-corrected chi connectivity index (χ4v) is 5.47. The fraction of sp³-hybridized carbons (Fsp3) is 0.423. The number of phenolic OH excluding ortho intramolecular Hbond substituents is 1. The number of fused-ring (bicyclic) bond motifs is 2. The third-order valence-corrected chi connectivity index (χ3v) is 7.28. The molecule has 3 aliphatic heterocycles. The van der Waals surface area contributed by atoms with Crippen LogP contribution in [0.25, 0.3) is 11.3 Å². The van der Waals surface area contributed by atoms with E-state index < -0.39 is 58.0 Å². The molecule has 37 heavy (non-hydrogen) atoms. The van der Waals surface area contributed by atoms with Crippen LogP contribution in [0.1, 0.15) is 30.6 Å². The third kappa shape index (κ3) is 4.07. The van der Waals surface area contributed by atoms with E-state index in [9.17, 15) is 24.2 Å². The predicted molar refractivity (Wildman–Crippen MR) is 130 cm³/mol. The van der Waals surface area contributed by atoms with Gasteiger partial charge in [0.1, 0.15) is 35.2 Å². The van der Waals surface area contributed by atoms with Gasteiger partial charge in [0.05, 0.1) is 17.7 Å². The van der Waals surface area contributed by atoms with Crippen LogP contribution in [0.4, 0.5) is 14.6 Å². The minimum absolute atomic E-state index is 0.0332. The maximum Gasteiger partial charge on any atom is 0.262 e. The van der Waals surface area contributed by atoms with Crippen LogP contribution in [-0.4, -0.2) is 87.3 Å². The van der Waals surface area contributed by atoms with E-state index in [1.807, 2.05) is 13.8 Å². The number of benzene rings is 1. The van der Waals surface area contributed by atoms with Crippen molar-refractivity contribution in [2.45, 2.75) is 38.0 Å². The second-order valence-electron chi connectivity index (χ2n) is 10.2. The van der Waals surface area contributed by atoms with Gasteiger partial charge in [0, 0.05) is 31.7 Å². The molecule has 0 spiro atoms. The fourth-order valence-electron chi connectivity index (χ4n) is 5.47. The number of hydrogen-bond donors (Lipinski definition) is 2. The first kappa shape index (κ1) is 24.9. The van der Waals surface area contributed by atoms with Gasteiger partial charge in [-0.2, -0.15) is 0 Å². The van der Waals surface area contributed by atoms with E-state index in [0.717, 1.165) is 6.07 Å². The van der Waals surface area contributed by atoms with Crippen molar-refractivity contribution in [3.63, 3.8) is 0 Å². The van der Waals surface area contributed by atoms with E-state index >= 15 is 4.39 Å². The number of ether oxygens (including phenoxy) is 1. The molecule has 4 heterocycles. The summed E-state index contributed by atoms with van der Waals surface area (Å²) in [5.74, 6) is -3.68. The first-order chi connectivity index (χ1) is 17.5. The molecule has 2 amide bonds. The van der Waals surface area contributed by atoms with Crippen LogP contribution in [0.15, 0.2) is 30.9 Å². The minimum atomic E-state index is -1.08. The average Bonchev–Trinajstić information content (AvgIpc) is 3.04. The van der Waals surface area contributed by atoms with Gasteiger partial charge in [-0.25, -0.2) is 13.8 Å². The van der Waals surface area contributed by atoms with Crippen molar-refractivity contribution in [2.24, 2.45) is 0 Å². The Hall–Kier alpha value is -3.73. The van der Waals surface area contributed by atoms with Gasteiger partial charge in [-0.3, -0.25) is 9.59 Å². The topological polar surface area (TPSA) is 106 Å². The molecular weight excluding hydrogens is 486 g/mol. The molecule has 2 N–H and O–H groups in total. The number of carbonyl (C=O) groups excluding carboxylic acids is 2. The van der Waals surface area contributed by atoms with Crippen molar-refractivity contribution in [3.8, 4) is 22.8 Å². The zero-order chi connectivity index (χ0) is 26.6. The van der Waals surface area contributed by atoms with Gasteiger partial charge in [-0.1, -0.05) is 12.6 Å². The third-order valence-electron chi connectivity index (χ3n) is 7.28. The molecule has 5 rings (SSSR count). The van der Waals surface area contributed by atoms with Gasteiger partial charge in [0.25, 0.3) is 5.91 Å². The molecular formula is C26H28F2N4O5. The van der Waals surface area contributed by atoms with Crippen LogP contribution >= 0.6 is 0 Å². The molecule has 0 saturated carbocycles. The lowest BCUT2D eigenvalue weighted by molar-refractivity contribution is -0.128. The van der Waals surface area contributed by atoms with Crippen molar-refractivity contribution in [3.05, 3.63) is 48.1 Å². The first-order valence-electron chi connectivity index (χ1n) is 12.1. The Morgan fingerprint density at radius 3 is 2.65 bits per heavy atom.